The van der Waals surface area contributed by atoms with E-state index in [4.69, 9.17) is 0 Å². The minimum atomic E-state index is -0.491. The van der Waals surface area contributed by atoms with Crippen LogP contribution in [-0.2, 0) is 22.4 Å². The normalized spacial score (nSPS) is 12.1. The molecule has 0 radical (unpaired) electrons. The number of para-hydroxylation sites is 1. The monoisotopic (exact) mass is 465 g/mol. The van der Waals surface area contributed by atoms with E-state index in [1.54, 1.807) is 12.4 Å². The zero-order chi connectivity index (χ0) is 24.0. The number of aromatic nitrogens is 4. The van der Waals surface area contributed by atoms with Gasteiger partial charge in [0.25, 0.3) is 0 Å². The maximum absolute atomic E-state index is 12.7. The first-order chi connectivity index (χ1) is 15.9. The second-order valence-corrected chi connectivity index (χ2v) is 9.15. The highest BCUT2D eigenvalue weighted by atomic mass is 32.2. The number of pyridine rings is 1. The highest BCUT2D eigenvalue weighted by Gasteiger charge is 2.23. The predicted molar refractivity (Wildman–Crippen MR) is 132 cm³/mol. The summed E-state index contributed by atoms with van der Waals surface area (Å²) < 4.78 is 2.04. The summed E-state index contributed by atoms with van der Waals surface area (Å²) in [6, 6.07) is 9.63. The van der Waals surface area contributed by atoms with Crippen molar-refractivity contribution in [1.29, 1.82) is 0 Å². The molecule has 1 aromatic carbocycles. The van der Waals surface area contributed by atoms with Gasteiger partial charge in [0.2, 0.25) is 5.91 Å². The van der Waals surface area contributed by atoms with Gasteiger partial charge in [-0.1, -0.05) is 57.7 Å². The lowest BCUT2D eigenvalue weighted by molar-refractivity contribution is -0.126. The first-order valence-corrected chi connectivity index (χ1v) is 12.2. The minimum Gasteiger partial charge on any atom is -0.345 e. The number of nitrogens with zero attached hydrogens (tertiary/aromatic N) is 4. The average molecular weight is 466 g/mol. The molecule has 0 aliphatic carbocycles. The van der Waals surface area contributed by atoms with Gasteiger partial charge in [0, 0.05) is 18.0 Å². The molecule has 1 N–H and O–H groups in total. The molecule has 0 spiro atoms. The molecule has 3 aromatic rings. The number of carbonyl (C=O) groups excluding carboxylic acids is 2. The van der Waals surface area contributed by atoms with E-state index in [1.165, 1.54) is 29.8 Å². The minimum absolute atomic E-state index is 0.0285. The molecule has 1 atom stereocenters. The molecule has 2 aromatic heterocycles. The fraction of sp³-hybridized carbons (Fsp3) is 0.400. The van der Waals surface area contributed by atoms with Gasteiger partial charge in [0.05, 0.1) is 17.5 Å². The van der Waals surface area contributed by atoms with Crippen LogP contribution in [0.2, 0.25) is 0 Å². The molecule has 7 nitrogen and oxygen atoms in total. The van der Waals surface area contributed by atoms with Gasteiger partial charge >= 0.3 is 0 Å². The molecule has 0 fully saturated rings. The lowest BCUT2D eigenvalue weighted by Crippen LogP contribution is -2.44. The second kappa shape index (κ2) is 11.2. The fourth-order valence-corrected chi connectivity index (χ4v) is 4.58. The summed E-state index contributed by atoms with van der Waals surface area (Å²) in [7, 11) is 0. The van der Waals surface area contributed by atoms with Crippen LogP contribution in [-0.4, -0.2) is 43.2 Å². The van der Waals surface area contributed by atoms with Crippen LogP contribution in [0, 0.1) is 5.92 Å². The van der Waals surface area contributed by atoms with E-state index >= 15 is 0 Å². The van der Waals surface area contributed by atoms with Crippen molar-refractivity contribution in [3.05, 3.63) is 53.9 Å². The van der Waals surface area contributed by atoms with Crippen LogP contribution in [0.1, 0.15) is 45.7 Å². The van der Waals surface area contributed by atoms with E-state index in [9.17, 15) is 9.59 Å². The van der Waals surface area contributed by atoms with Crippen molar-refractivity contribution in [2.24, 2.45) is 5.92 Å². The van der Waals surface area contributed by atoms with Crippen molar-refractivity contribution in [3.8, 4) is 17.1 Å². The Morgan fingerprint density at radius 1 is 1.06 bits per heavy atom. The molecule has 2 heterocycles. The first-order valence-electron chi connectivity index (χ1n) is 11.3. The van der Waals surface area contributed by atoms with Crippen molar-refractivity contribution in [1.82, 2.24) is 25.1 Å². The predicted octanol–water partition coefficient (Wildman–Crippen LogP) is 4.28. The number of hydrogen-bond donors (Lipinski definition) is 1. The Morgan fingerprint density at radius 3 is 2.30 bits per heavy atom. The van der Waals surface area contributed by atoms with Gasteiger partial charge < -0.3 is 5.32 Å². The van der Waals surface area contributed by atoms with Gasteiger partial charge in [-0.25, -0.2) is 0 Å². The Kier molecular flexibility index (Phi) is 8.38. The van der Waals surface area contributed by atoms with E-state index < -0.39 is 6.04 Å². The number of amides is 1. The van der Waals surface area contributed by atoms with E-state index in [0.29, 0.717) is 11.0 Å². The summed E-state index contributed by atoms with van der Waals surface area (Å²) in [5, 5.41) is 12.4. The van der Waals surface area contributed by atoms with Crippen LogP contribution in [0.5, 0.6) is 0 Å². The molecule has 1 unspecified atom stereocenters. The summed E-state index contributed by atoms with van der Waals surface area (Å²) >= 11 is 1.31. The molecule has 0 aliphatic rings. The van der Waals surface area contributed by atoms with Crippen LogP contribution in [0.25, 0.3) is 17.1 Å². The second-order valence-electron chi connectivity index (χ2n) is 8.20. The molecule has 0 saturated carbocycles. The van der Waals surface area contributed by atoms with Crippen molar-refractivity contribution in [2.75, 3.05) is 5.75 Å². The molecule has 0 aliphatic heterocycles. The maximum atomic E-state index is 12.7. The highest BCUT2D eigenvalue weighted by Crippen LogP contribution is 2.32. The third-order valence-corrected chi connectivity index (χ3v) is 6.42. The Bertz CT molecular complexity index is 1090. The van der Waals surface area contributed by atoms with Gasteiger partial charge in [0.15, 0.2) is 16.8 Å². The standard InChI is InChI=1S/C25H31N5O2S/c1-6-18-10-8-11-19(7-2)23(18)30-24(20-12-9-13-26-14-20)28-29-25(30)33-15-21(32)27-22(16(3)4)17(5)31/h8-14,16,22H,6-7,15H2,1-5H3,(H,27,32). The zero-order valence-electron chi connectivity index (χ0n) is 19.8. The summed E-state index contributed by atoms with van der Waals surface area (Å²) in [4.78, 5) is 28.8. The Hall–Kier alpha value is -3.00. The van der Waals surface area contributed by atoms with Crippen molar-refractivity contribution in [2.45, 2.75) is 58.7 Å². The number of aryl methyl sites for hydroxylation is 2. The van der Waals surface area contributed by atoms with Gasteiger partial charge in [-0.2, -0.15) is 0 Å². The Labute approximate surface area is 199 Å². The third-order valence-electron chi connectivity index (χ3n) is 5.50. The molecule has 3 rings (SSSR count). The van der Waals surface area contributed by atoms with Gasteiger partial charge in [-0.3, -0.25) is 19.1 Å². The lowest BCUT2D eigenvalue weighted by Gasteiger charge is -2.20. The van der Waals surface area contributed by atoms with Crippen LogP contribution >= 0.6 is 11.8 Å². The number of carbonyl (C=O) groups is 2. The SMILES string of the molecule is CCc1cccc(CC)c1-n1c(SCC(=O)NC(C(C)=O)C(C)C)nnc1-c1cccnc1. The van der Waals surface area contributed by atoms with Crippen LogP contribution in [0.3, 0.4) is 0 Å². The number of Topliss-reactive ketones (excluding diaryl/α,β-unsaturated/α-hetero) is 1. The van der Waals surface area contributed by atoms with Crippen molar-refractivity contribution < 1.29 is 9.59 Å². The molecule has 0 bridgehead atoms. The van der Waals surface area contributed by atoms with E-state index in [2.05, 4.69) is 52.5 Å². The molecule has 33 heavy (non-hydrogen) atoms. The van der Waals surface area contributed by atoms with E-state index in [-0.39, 0.29) is 23.4 Å². The number of thioether (sulfide) groups is 1. The largest absolute Gasteiger partial charge is 0.345 e. The summed E-state index contributed by atoms with van der Waals surface area (Å²) in [6.45, 7) is 9.60. The Balaban J connectivity index is 2.00. The van der Waals surface area contributed by atoms with Crippen molar-refractivity contribution in [3.63, 3.8) is 0 Å². The molecule has 0 saturated heterocycles. The highest BCUT2D eigenvalue weighted by molar-refractivity contribution is 7.99. The lowest BCUT2D eigenvalue weighted by atomic mass is 10.0. The zero-order valence-corrected chi connectivity index (χ0v) is 20.6. The summed E-state index contributed by atoms with van der Waals surface area (Å²) in [6.07, 6.45) is 5.20. The van der Waals surface area contributed by atoms with Gasteiger partial charge in [-0.15, -0.1) is 10.2 Å². The smallest absolute Gasteiger partial charge is 0.231 e. The van der Waals surface area contributed by atoms with Gasteiger partial charge in [-0.05, 0) is 48.9 Å². The van der Waals surface area contributed by atoms with Crippen LogP contribution < -0.4 is 5.32 Å². The topological polar surface area (TPSA) is 89.8 Å². The summed E-state index contributed by atoms with van der Waals surface area (Å²) in [5.74, 6) is 0.601. The summed E-state index contributed by atoms with van der Waals surface area (Å²) in [5.41, 5.74) is 4.27. The number of ketones is 1. The number of rotatable bonds is 10. The molecule has 1 amide bonds. The average Bonchev–Trinajstić information content (AvgIpc) is 3.24. The molecule has 8 heteroatoms. The first kappa shape index (κ1) is 24.6. The maximum Gasteiger partial charge on any atom is 0.231 e. The van der Waals surface area contributed by atoms with Crippen molar-refractivity contribution >= 4 is 23.5 Å². The van der Waals surface area contributed by atoms with Crippen LogP contribution in [0.15, 0.2) is 47.9 Å². The molecular weight excluding hydrogens is 434 g/mol. The number of nitrogens with one attached hydrogen (secondary N) is 1. The molecule has 174 valence electrons. The van der Waals surface area contributed by atoms with E-state index in [1.807, 2.05) is 30.5 Å². The number of hydrogen-bond acceptors (Lipinski definition) is 6. The van der Waals surface area contributed by atoms with E-state index in [0.717, 1.165) is 24.1 Å². The fourth-order valence-electron chi connectivity index (χ4n) is 3.83. The Morgan fingerprint density at radius 2 is 1.76 bits per heavy atom. The third kappa shape index (κ3) is 5.68. The quantitative estimate of drug-likeness (QED) is 0.450. The van der Waals surface area contributed by atoms with Gasteiger partial charge in [0.1, 0.15) is 0 Å². The number of benzene rings is 1. The molecular formula is C25H31N5O2S. The van der Waals surface area contributed by atoms with Crippen LogP contribution in [0.4, 0.5) is 0 Å².